The molecule has 0 spiro atoms. The van der Waals surface area contributed by atoms with E-state index in [4.69, 9.17) is 0 Å². The Morgan fingerprint density at radius 1 is 0.0962 bits per heavy atom. The first-order valence-electron chi connectivity index (χ1n) is 25.5. The van der Waals surface area contributed by atoms with Crippen molar-refractivity contribution < 1.29 is 0 Å². The van der Waals surface area contributed by atoms with E-state index in [0.717, 1.165) is 12.8 Å². The number of unbranched alkanes of at least 4 members (excludes halogenated alkanes) is 49. The van der Waals surface area contributed by atoms with Gasteiger partial charge in [-0.05, 0) is 0 Å². The van der Waals surface area contributed by atoms with Crippen LogP contribution in [-0.2, 0) is 0 Å². The lowest BCUT2D eigenvalue weighted by Gasteiger charge is -2.05. The van der Waals surface area contributed by atoms with Crippen LogP contribution < -0.4 is 0 Å². The third-order valence-electron chi connectivity index (χ3n) is 12.2. The standard InChI is InChI=1S/C52H104/c1-3-5-7-9-11-13-15-17-19-21-23-25-27-29-31-33-35-37-39-41-43-45-47-49-51-52-50-48-46-44-42-40-38-36-34-32-30-28-26-24-22-20-18-16-14-12-10-8-6-4-2/h1-52H2. The highest BCUT2D eigenvalue weighted by molar-refractivity contribution is 4.55. The number of rotatable bonds is 49. The first-order valence-corrected chi connectivity index (χ1v) is 25.5. The molecule has 0 saturated carbocycles. The van der Waals surface area contributed by atoms with E-state index in [1.807, 2.05) is 0 Å². The predicted octanol–water partition coefficient (Wildman–Crippen LogP) is 20.2. The van der Waals surface area contributed by atoms with Gasteiger partial charge in [-0.15, -0.1) is 0 Å². The van der Waals surface area contributed by atoms with Crippen molar-refractivity contribution in [1.29, 1.82) is 0 Å². The zero-order valence-electron chi connectivity index (χ0n) is 36.8. The van der Waals surface area contributed by atoms with Gasteiger partial charge in [-0.2, -0.15) is 0 Å². The fraction of sp³-hybridized carbons (Fsp3) is 0.962. The van der Waals surface area contributed by atoms with E-state index in [1.54, 1.807) is 0 Å². The van der Waals surface area contributed by atoms with Crippen LogP contribution in [0.25, 0.3) is 0 Å². The molecule has 0 aliphatic carbocycles. The summed E-state index contributed by atoms with van der Waals surface area (Å²) in [7, 11) is 0. The summed E-state index contributed by atoms with van der Waals surface area (Å²) in [4.78, 5) is 0. The van der Waals surface area contributed by atoms with Gasteiger partial charge in [-0.1, -0.05) is 335 Å². The van der Waals surface area contributed by atoms with Crippen LogP contribution in [-0.4, -0.2) is 0 Å². The molecule has 0 atom stereocenters. The minimum Gasteiger partial charge on any atom is -0.0533 e. The molecule has 0 aliphatic heterocycles. The molecular formula is C52H104. The van der Waals surface area contributed by atoms with Crippen molar-refractivity contribution in [2.75, 3.05) is 0 Å². The molecule has 0 aliphatic rings. The first-order chi connectivity index (χ1) is 25.9. The molecule has 0 saturated heterocycles. The van der Waals surface area contributed by atoms with Crippen molar-refractivity contribution in [3.63, 3.8) is 0 Å². The summed E-state index contributed by atoms with van der Waals surface area (Å²) in [6.45, 7) is 7.88. The molecule has 2 radical (unpaired) electrons. The summed E-state index contributed by atoms with van der Waals surface area (Å²) in [5, 5.41) is 0. The molecule has 0 aromatic rings. The highest BCUT2D eigenvalue weighted by Gasteiger charge is 1.99. The smallest absolute Gasteiger partial charge is 0.0533 e. The van der Waals surface area contributed by atoms with Gasteiger partial charge in [-0.25, -0.2) is 0 Å². The highest BCUT2D eigenvalue weighted by Crippen LogP contribution is 2.18. The van der Waals surface area contributed by atoms with Crippen molar-refractivity contribution in [2.24, 2.45) is 0 Å². The van der Waals surface area contributed by atoms with E-state index >= 15 is 0 Å². The van der Waals surface area contributed by atoms with E-state index in [-0.39, 0.29) is 0 Å². The summed E-state index contributed by atoms with van der Waals surface area (Å²) >= 11 is 0. The molecule has 0 rings (SSSR count). The molecular weight excluding hydrogens is 625 g/mol. The summed E-state index contributed by atoms with van der Waals surface area (Å²) in [5.74, 6) is 0. The van der Waals surface area contributed by atoms with Crippen LogP contribution in [0.5, 0.6) is 0 Å². The van der Waals surface area contributed by atoms with Gasteiger partial charge in [-0.3, -0.25) is 0 Å². The molecule has 52 heavy (non-hydrogen) atoms. The lowest BCUT2D eigenvalue weighted by Crippen LogP contribution is -1.85. The number of hydrogen-bond donors (Lipinski definition) is 0. The molecule has 0 bridgehead atoms. The summed E-state index contributed by atoms with van der Waals surface area (Å²) in [6.07, 6.45) is 73.1. The van der Waals surface area contributed by atoms with Crippen LogP contribution in [0.2, 0.25) is 0 Å². The fourth-order valence-electron chi connectivity index (χ4n) is 8.49. The third-order valence-corrected chi connectivity index (χ3v) is 12.2. The Hall–Kier alpha value is 0. The third kappa shape index (κ3) is 50.0. The SMILES string of the molecule is [CH2]CCCCCCCCCCCCCCCCCCCCCCCCCCCCCCCCCCCCCCCCCCCCCCCCCC[CH2]. The van der Waals surface area contributed by atoms with Crippen LogP contribution in [0.15, 0.2) is 0 Å². The monoisotopic (exact) mass is 729 g/mol. The second-order valence-electron chi connectivity index (χ2n) is 17.7. The highest BCUT2D eigenvalue weighted by atomic mass is 14.1. The maximum absolute atomic E-state index is 3.94. The molecule has 0 fully saturated rings. The molecule has 0 heterocycles. The summed E-state index contributed by atoms with van der Waals surface area (Å²) in [6, 6.07) is 0. The molecule has 312 valence electrons. The van der Waals surface area contributed by atoms with Gasteiger partial charge in [0.25, 0.3) is 0 Å². The largest absolute Gasteiger partial charge is 0.0533 e. The van der Waals surface area contributed by atoms with Crippen molar-refractivity contribution >= 4 is 0 Å². The Balaban J connectivity index is 3.04. The molecule has 0 amide bonds. The Morgan fingerprint density at radius 3 is 0.212 bits per heavy atom. The second-order valence-corrected chi connectivity index (χ2v) is 17.7. The van der Waals surface area contributed by atoms with E-state index < -0.39 is 0 Å². The molecule has 0 unspecified atom stereocenters. The van der Waals surface area contributed by atoms with Crippen molar-refractivity contribution in [2.45, 2.75) is 321 Å². The lowest BCUT2D eigenvalue weighted by atomic mass is 10.0. The van der Waals surface area contributed by atoms with Crippen LogP contribution >= 0.6 is 0 Å². The van der Waals surface area contributed by atoms with Crippen molar-refractivity contribution in [3.8, 4) is 0 Å². The number of hydrogen-bond acceptors (Lipinski definition) is 0. The minimum atomic E-state index is 1.12. The molecule has 0 aromatic heterocycles. The zero-order chi connectivity index (χ0) is 37.4. The normalized spacial score (nSPS) is 11.7. The van der Waals surface area contributed by atoms with Gasteiger partial charge in [0.15, 0.2) is 0 Å². The second kappa shape index (κ2) is 51.0. The minimum absolute atomic E-state index is 1.12. The van der Waals surface area contributed by atoms with Gasteiger partial charge in [0, 0.05) is 0 Å². The molecule has 0 N–H and O–H groups in total. The van der Waals surface area contributed by atoms with Gasteiger partial charge in [0.1, 0.15) is 0 Å². The Bertz CT molecular complexity index is 514. The molecule has 0 nitrogen and oxygen atoms in total. The van der Waals surface area contributed by atoms with Gasteiger partial charge in [0.05, 0.1) is 0 Å². The van der Waals surface area contributed by atoms with E-state index in [1.165, 1.54) is 308 Å². The van der Waals surface area contributed by atoms with E-state index in [9.17, 15) is 0 Å². The van der Waals surface area contributed by atoms with E-state index in [2.05, 4.69) is 13.8 Å². The Kier molecular flexibility index (Phi) is 51.0. The summed E-state index contributed by atoms with van der Waals surface area (Å²) < 4.78 is 0. The fourth-order valence-corrected chi connectivity index (χ4v) is 8.49. The predicted molar refractivity (Wildman–Crippen MR) is 242 cm³/mol. The van der Waals surface area contributed by atoms with Crippen molar-refractivity contribution in [3.05, 3.63) is 13.8 Å². The maximum Gasteiger partial charge on any atom is -0.0533 e. The molecule has 0 heteroatoms. The van der Waals surface area contributed by atoms with Crippen LogP contribution in [0.3, 0.4) is 0 Å². The van der Waals surface area contributed by atoms with Crippen LogP contribution in [0, 0.1) is 13.8 Å². The molecule has 0 aromatic carbocycles. The Labute approximate surface area is 333 Å². The van der Waals surface area contributed by atoms with E-state index in [0.29, 0.717) is 0 Å². The van der Waals surface area contributed by atoms with Crippen molar-refractivity contribution in [1.82, 2.24) is 0 Å². The quantitative estimate of drug-likeness (QED) is 0.0547. The topological polar surface area (TPSA) is 0 Å². The summed E-state index contributed by atoms with van der Waals surface area (Å²) in [5.41, 5.74) is 0. The van der Waals surface area contributed by atoms with Crippen LogP contribution in [0.1, 0.15) is 321 Å². The average molecular weight is 729 g/mol. The average Bonchev–Trinajstić information content (AvgIpc) is 3.16. The zero-order valence-corrected chi connectivity index (χ0v) is 36.8. The first kappa shape index (κ1) is 52.0. The van der Waals surface area contributed by atoms with Crippen LogP contribution in [0.4, 0.5) is 0 Å². The Morgan fingerprint density at radius 2 is 0.154 bits per heavy atom. The van der Waals surface area contributed by atoms with Gasteiger partial charge < -0.3 is 0 Å². The van der Waals surface area contributed by atoms with Gasteiger partial charge in [0.2, 0.25) is 0 Å². The van der Waals surface area contributed by atoms with Gasteiger partial charge >= 0.3 is 0 Å². The lowest BCUT2D eigenvalue weighted by molar-refractivity contribution is 0.508. The maximum atomic E-state index is 3.94.